The number of nitrogens with zero attached hydrogens (tertiary/aromatic N) is 2. The van der Waals surface area contributed by atoms with Gasteiger partial charge in [-0.1, -0.05) is 35.5 Å². The number of likely N-dealkylation sites (tertiary alicyclic amines) is 1. The van der Waals surface area contributed by atoms with Crippen LogP contribution in [0, 0.1) is 0 Å². The summed E-state index contributed by atoms with van der Waals surface area (Å²) in [5.74, 6) is 0.287. The highest BCUT2D eigenvalue weighted by molar-refractivity contribution is 5.94. The number of phenolic OH excluding ortho intramolecular Hbond substituents is 1. The minimum absolute atomic E-state index is 0.287. The first kappa shape index (κ1) is 13.3. The number of hydrogen-bond donors (Lipinski definition) is 1. The zero-order chi connectivity index (χ0) is 14.9. The van der Waals surface area contributed by atoms with Crippen LogP contribution in [0.5, 0.6) is 5.75 Å². The van der Waals surface area contributed by atoms with E-state index >= 15 is 0 Å². The predicted molar refractivity (Wildman–Crippen MR) is 85.6 cm³/mol. The molecule has 4 rings (SSSR count). The average molecular weight is 294 g/mol. The van der Waals surface area contributed by atoms with Crippen molar-refractivity contribution >= 4 is 11.0 Å². The largest absolute Gasteiger partial charge is 0.507 e. The molecule has 1 saturated heterocycles. The first-order valence-corrected chi connectivity index (χ1v) is 7.71. The molecule has 1 aliphatic heterocycles. The van der Waals surface area contributed by atoms with Gasteiger partial charge in [-0.05, 0) is 38.1 Å². The van der Waals surface area contributed by atoms with Gasteiger partial charge in [0, 0.05) is 12.1 Å². The summed E-state index contributed by atoms with van der Waals surface area (Å²) in [6.45, 7) is 2.87. The molecule has 0 radical (unpaired) electrons. The molecule has 3 aromatic rings. The summed E-state index contributed by atoms with van der Waals surface area (Å²) >= 11 is 0. The highest BCUT2D eigenvalue weighted by atomic mass is 16.5. The third kappa shape index (κ3) is 2.25. The van der Waals surface area contributed by atoms with Gasteiger partial charge in [-0.25, -0.2) is 0 Å². The number of aromatic nitrogens is 1. The second kappa shape index (κ2) is 5.46. The Kier molecular flexibility index (Phi) is 3.31. The number of rotatable bonds is 3. The molecular weight excluding hydrogens is 276 g/mol. The Morgan fingerprint density at radius 2 is 1.82 bits per heavy atom. The van der Waals surface area contributed by atoms with Gasteiger partial charge in [-0.15, -0.1) is 0 Å². The van der Waals surface area contributed by atoms with Crippen LogP contribution in [0.15, 0.2) is 47.0 Å². The maximum Gasteiger partial charge on any atom is 0.175 e. The maximum absolute atomic E-state index is 10.2. The van der Waals surface area contributed by atoms with Crippen molar-refractivity contribution in [3.63, 3.8) is 0 Å². The topological polar surface area (TPSA) is 49.5 Å². The predicted octanol–water partition coefficient (Wildman–Crippen LogP) is 3.80. The van der Waals surface area contributed by atoms with Crippen molar-refractivity contribution in [1.82, 2.24) is 10.1 Å². The molecule has 1 aromatic heterocycles. The highest BCUT2D eigenvalue weighted by Gasteiger charge is 2.20. The molecule has 0 aliphatic carbocycles. The van der Waals surface area contributed by atoms with Crippen molar-refractivity contribution < 1.29 is 9.63 Å². The molecular formula is C18H18N2O2. The quantitative estimate of drug-likeness (QED) is 0.798. The SMILES string of the molecule is Oc1ccc2c(-c3ccccc3)noc2c1CN1CCCC1. The van der Waals surface area contributed by atoms with Crippen LogP contribution in [0.4, 0.5) is 0 Å². The van der Waals surface area contributed by atoms with E-state index in [-0.39, 0.29) is 5.75 Å². The number of aromatic hydroxyl groups is 1. The van der Waals surface area contributed by atoms with E-state index in [1.54, 1.807) is 6.07 Å². The normalized spacial score (nSPS) is 15.6. The van der Waals surface area contributed by atoms with Crippen LogP contribution in [0.25, 0.3) is 22.2 Å². The first-order chi connectivity index (χ1) is 10.8. The summed E-state index contributed by atoms with van der Waals surface area (Å²) in [6, 6.07) is 13.6. The lowest BCUT2D eigenvalue weighted by Crippen LogP contribution is -2.18. The molecule has 0 amide bonds. The summed E-state index contributed by atoms with van der Waals surface area (Å²) in [5, 5.41) is 15.4. The van der Waals surface area contributed by atoms with Crippen LogP contribution in [-0.4, -0.2) is 28.3 Å². The fourth-order valence-corrected chi connectivity index (χ4v) is 3.17. The van der Waals surface area contributed by atoms with Crippen molar-refractivity contribution in [3.8, 4) is 17.0 Å². The monoisotopic (exact) mass is 294 g/mol. The van der Waals surface area contributed by atoms with Crippen molar-refractivity contribution in [2.45, 2.75) is 19.4 Å². The van der Waals surface area contributed by atoms with Crippen molar-refractivity contribution in [1.29, 1.82) is 0 Å². The first-order valence-electron chi connectivity index (χ1n) is 7.71. The van der Waals surface area contributed by atoms with Gasteiger partial charge in [-0.3, -0.25) is 4.90 Å². The molecule has 1 aliphatic rings. The Hall–Kier alpha value is -2.33. The van der Waals surface area contributed by atoms with Gasteiger partial charge in [0.2, 0.25) is 0 Å². The molecule has 1 fully saturated rings. The van der Waals surface area contributed by atoms with Crippen molar-refractivity contribution in [2.24, 2.45) is 0 Å². The zero-order valence-electron chi connectivity index (χ0n) is 12.3. The molecule has 2 heterocycles. The Labute approximate surface area is 129 Å². The van der Waals surface area contributed by atoms with Gasteiger partial charge in [0.25, 0.3) is 0 Å². The number of phenols is 1. The van der Waals surface area contributed by atoms with E-state index in [1.807, 2.05) is 36.4 Å². The van der Waals surface area contributed by atoms with Crippen LogP contribution in [0.1, 0.15) is 18.4 Å². The third-order valence-electron chi connectivity index (χ3n) is 4.35. The van der Waals surface area contributed by atoms with E-state index in [9.17, 15) is 5.11 Å². The molecule has 0 unspecified atom stereocenters. The van der Waals surface area contributed by atoms with E-state index in [1.165, 1.54) is 12.8 Å². The van der Waals surface area contributed by atoms with Gasteiger partial charge in [0.15, 0.2) is 5.58 Å². The number of benzene rings is 2. The summed E-state index contributed by atoms with van der Waals surface area (Å²) in [6.07, 6.45) is 2.45. The van der Waals surface area contributed by atoms with Crippen LogP contribution >= 0.6 is 0 Å². The third-order valence-corrected chi connectivity index (χ3v) is 4.35. The molecule has 0 bridgehead atoms. The standard InChI is InChI=1S/C18H18N2O2/c21-16-9-8-14-17(13-6-2-1-3-7-13)19-22-18(14)15(16)12-20-10-4-5-11-20/h1-3,6-9,21H,4-5,10-12H2. The van der Waals surface area contributed by atoms with Crippen LogP contribution in [0.2, 0.25) is 0 Å². The van der Waals surface area contributed by atoms with E-state index in [0.29, 0.717) is 12.1 Å². The molecule has 2 aromatic carbocycles. The molecule has 4 heteroatoms. The Balaban J connectivity index is 1.80. The lowest BCUT2D eigenvalue weighted by atomic mass is 10.0. The second-order valence-corrected chi connectivity index (χ2v) is 5.82. The van der Waals surface area contributed by atoms with Crippen LogP contribution < -0.4 is 0 Å². The van der Waals surface area contributed by atoms with E-state index in [4.69, 9.17) is 4.52 Å². The molecule has 0 atom stereocenters. The Bertz CT molecular complexity index is 789. The lowest BCUT2D eigenvalue weighted by molar-refractivity contribution is 0.322. The fourth-order valence-electron chi connectivity index (χ4n) is 3.17. The van der Waals surface area contributed by atoms with Crippen molar-refractivity contribution in [3.05, 3.63) is 48.0 Å². The summed E-state index contributed by atoms with van der Waals surface area (Å²) in [4.78, 5) is 2.35. The van der Waals surface area contributed by atoms with Gasteiger partial charge in [-0.2, -0.15) is 0 Å². The summed E-state index contributed by atoms with van der Waals surface area (Å²) in [7, 11) is 0. The smallest absolute Gasteiger partial charge is 0.175 e. The number of hydrogen-bond acceptors (Lipinski definition) is 4. The molecule has 0 saturated carbocycles. The van der Waals surface area contributed by atoms with Gasteiger partial charge in [0.05, 0.1) is 10.9 Å². The minimum atomic E-state index is 0.287. The summed E-state index contributed by atoms with van der Waals surface area (Å²) < 4.78 is 5.59. The maximum atomic E-state index is 10.2. The minimum Gasteiger partial charge on any atom is -0.507 e. The molecule has 1 N–H and O–H groups in total. The van der Waals surface area contributed by atoms with Crippen LogP contribution in [-0.2, 0) is 6.54 Å². The van der Waals surface area contributed by atoms with Crippen molar-refractivity contribution in [2.75, 3.05) is 13.1 Å². The number of fused-ring (bicyclic) bond motifs is 1. The second-order valence-electron chi connectivity index (χ2n) is 5.82. The lowest BCUT2D eigenvalue weighted by Gasteiger charge is -2.15. The van der Waals surface area contributed by atoms with E-state index < -0.39 is 0 Å². The Morgan fingerprint density at radius 1 is 1.05 bits per heavy atom. The summed E-state index contributed by atoms with van der Waals surface area (Å²) in [5.41, 5.74) is 3.40. The van der Waals surface area contributed by atoms with Gasteiger partial charge in [0.1, 0.15) is 11.4 Å². The zero-order valence-corrected chi connectivity index (χ0v) is 12.3. The van der Waals surface area contributed by atoms with Gasteiger partial charge >= 0.3 is 0 Å². The molecule has 22 heavy (non-hydrogen) atoms. The molecule has 4 nitrogen and oxygen atoms in total. The van der Waals surface area contributed by atoms with Gasteiger partial charge < -0.3 is 9.63 Å². The fraction of sp³-hybridized carbons (Fsp3) is 0.278. The molecule has 112 valence electrons. The van der Waals surface area contributed by atoms with Crippen LogP contribution in [0.3, 0.4) is 0 Å². The van der Waals surface area contributed by atoms with E-state index in [2.05, 4.69) is 10.1 Å². The van der Waals surface area contributed by atoms with E-state index in [0.717, 1.165) is 35.3 Å². The highest BCUT2D eigenvalue weighted by Crippen LogP contribution is 2.34. The Morgan fingerprint density at radius 3 is 2.59 bits per heavy atom. The molecule has 0 spiro atoms. The average Bonchev–Trinajstić information content (AvgIpc) is 3.20.